The largest absolute Gasteiger partial charge is 0.303 e. The Hall–Kier alpha value is -0.640. The summed E-state index contributed by atoms with van der Waals surface area (Å²) in [5.41, 5.74) is 0. The molecule has 2 aromatic heterocycles. The Balaban J connectivity index is 2.25. The Morgan fingerprint density at radius 2 is 1.53 bits per heavy atom. The topological polar surface area (TPSA) is 12.0 Å². The van der Waals surface area contributed by atoms with Crippen LogP contribution in [0.5, 0.6) is 0 Å². The fraction of sp³-hybridized carbons (Fsp3) is 0.333. The van der Waals surface area contributed by atoms with E-state index in [9.17, 15) is 0 Å². The van der Waals surface area contributed by atoms with Gasteiger partial charge in [-0.25, -0.2) is 0 Å². The molecule has 2 heterocycles. The van der Waals surface area contributed by atoms with Gasteiger partial charge in [-0.15, -0.1) is 22.7 Å². The van der Waals surface area contributed by atoms with Crippen LogP contribution >= 0.6 is 22.7 Å². The Kier molecular flexibility index (Phi) is 3.57. The molecule has 0 radical (unpaired) electrons. The van der Waals surface area contributed by atoms with Gasteiger partial charge in [-0.05, 0) is 36.7 Å². The van der Waals surface area contributed by atoms with Gasteiger partial charge in [0, 0.05) is 15.8 Å². The van der Waals surface area contributed by atoms with Gasteiger partial charge in [0.25, 0.3) is 0 Å². The maximum Gasteiger partial charge on any atom is 0.0766 e. The van der Waals surface area contributed by atoms with E-state index in [0.717, 1.165) is 0 Å². The summed E-state index contributed by atoms with van der Waals surface area (Å²) in [7, 11) is 0. The van der Waals surface area contributed by atoms with E-state index >= 15 is 0 Å². The SMILES string of the molecule is CC(C)NC(c1cccs1)c1cccs1. The van der Waals surface area contributed by atoms with Crippen molar-refractivity contribution in [3.8, 4) is 0 Å². The summed E-state index contributed by atoms with van der Waals surface area (Å²) in [5.74, 6) is 0. The number of thiophene rings is 2. The smallest absolute Gasteiger partial charge is 0.0766 e. The highest BCUT2D eigenvalue weighted by Crippen LogP contribution is 2.29. The number of hydrogen-bond acceptors (Lipinski definition) is 3. The molecular weight excluding hydrogens is 222 g/mol. The van der Waals surface area contributed by atoms with Crippen molar-refractivity contribution in [3.63, 3.8) is 0 Å². The van der Waals surface area contributed by atoms with E-state index in [-0.39, 0.29) is 0 Å². The van der Waals surface area contributed by atoms with Crippen LogP contribution in [0.1, 0.15) is 29.6 Å². The van der Waals surface area contributed by atoms with Gasteiger partial charge < -0.3 is 5.32 Å². The highest BCUT2D eigenvalue weighted by Gasteiger charge is 2.16. The predicted molar refractivity (Wildman–Crippen MR) is 68.8 cm³/mol. The first-order valence-electron chi connectivity index (χ1n) is 5.10. The molecule has 80 valence electrons. The molecule has 1 nitrogen and oxygen atoms in total. The minimum Gasteiger partial charge on any atom is -0.303 e. The van der Waals surface area contributed by atoms with Crippen molar-refractivity contribution in [1.82, 2.24) is 5.32 Å². The van der Waals surface area contributed by atoms with E-state index in [4.69, 9.17) is 0 Å². The Morgan fingerprint density at radius 1 is 1.00 bits per heavy atom. The fourth-order valence-corrected chi connectivity index (χ4v) is 3.23. The predicted octanol–water partition coefficient (Wildman–Crippen LogP) is 3.90. The lowest BCUT2D eigenvalue weighted by atomic mass is 10.2. The second-order valence-corrected chi connectivity index (χ2v) is 5.74. The van der Waals surface area contributed by atoms with Crippen LogP contribution in [0.2, 0.25) is 0 Å². The fourth-order valence-electron chi connectivity index (χ4n) is 1.55. The van der Waals surface area contributed by atoms with Gasteiger partial charge in [0.2, 0.25) is 0 Å². The second kappa shape index (κ2) is 4.92. The molecule has 0 atom stereocenters. The van der Waals surface area contributed by atoms with E-state index in [1.54, 1.807) is 0 Å². The summed E-state index contributed by atoms with van der Waals surface area (Å²) in [6, 6.07) is 9.49. The maximum absolute atomic E-state index is 3.61. The van der Waals surface area contributed by atoms with E-state index < -0.39 is 0 Å². The molecule has 15 heavy (non-hydrogen) atoms. The molecule has 0 fully saturated rings. The Labute approximate surface area is 98.8 Å². The standard InChI is InChI=1S/C12H15NS2/c1-9(2)13-12(10-5-3-7-14-10)11-6-4-8-15-11/h3-9,12-13H,1-2H3. The van der Waals surface area contributed by atoms with Gasteiger partial charge in [0.15, 0.2) is 0 Å². The third-order valence-electron chi connectivity index (χ3n) is 2.16. The molecule has 0 aliphatic rings. The van der Waals surface area contributed by atoms with Crippen LogP contribution in [0, 0.1) is 0 Å². The van der Waals surface area contributed by atoms with Crippen molar-refractivity contribution in [2.24, 2.45) is 0 Å². The van der Waals surface area contributed by atoms with E-state index in [0.29, 0.717) is 12.1 Å². The third-order valence-corrected chi connectivity index (χ3v) is 4.03. The van der Waals surface area contributed by atoms with Gasteiger partial charge in [0.05, 0.1) is 6.04 Å². The molecule has 0 amide bonds. The van der Waals surface area contributed by atoms with E-state index in [2.05, 4.69) is 54.2 Å². The van der Waals surface area contributed by atoms with E-state index in [1.807, 2.05) is 22.7 Å². The zero-order valence-corrected chi connectivity index (χ0v) is 10.6. The summed E-state index contributed by atoms with van der Waals surface area (Å²) in [4.78, 5) is 2.79. The summed E-state index contributed by atoms with van der Waals surface area (Å²) in [6.07, 6.45) is 0. The highest BCUT2D eigenvalue weighted by molar-refractivity contribution is 7.11. The Bertz CT molecular complexity index is 341. The number of rotatable bonds is 4. The molecule has 2 aromatic rings. The van der Waals surface area contributed by atoms with Gasteiger partial charge in [-0.1, -0.05) is 12.1 Å². The van der Waals surface area contributed by atoms with Crippen LogP contribution in [-0.2, 0) is 0 Å². The first kappa shape index (κ1) is 10.9. The lowest BCUT2D eigenvalue weighted by Crippen LogP contribution is -2.27. The average Bonchev–Trinajstić information content (AvgIpc) is 2.87. The summed E-state index contributed by atoms with van der Waals surface area (Å²) < 4.78 is 0. The van der Waals surface area contributed by atoms with Crippen molar-refractivity contribution in [3.05, 3.63) is 44.8 Å². The van der Waals surface area contributed by atoms with Crippen LogP contribution in [0.4, 0.5) is 0 Å². The molecule has 0 aromatic carbocycles. The molecule has 0 saturated carbocycles. The average molecular weight is 237 g/mol. The highest BCUT2D eigenvalue weighted by atomic mass is 32.1. The zero-order valence-electron chi connectivity index (χ0n) is 8.94. The van der Waals surface area contributed by atoms with Crippen molar-refractivity contribution in [2.75, 3.05) is 0 Å². The molecule has 0 bridgehead atoms. The van der Waals surface area contributed by atoms with Crippen LogP contribution in [0.3, 0.4) is 0 Å². The lowest BCUT2D eigenvalue weighted by Gasteiger charge is -2.18. The number of hydrogen-bond donors (Lipinski definition) is 1. The lowest BCUT2D eigenvalue weighted by molar-refractivity contribution is 0.539. The first-order valence-corrected chi connectivity index (χ1v) is 6.86. The zero-order chi connectivity index (χ0) is 10.7. The van der Waals surface area contributed by atoms with Crippen LogP contribution in [0.25, 0.3) is 0 Å². The minimum atomic E-state index is 0.366. The van der Waals surface area contributed by atoms with Gasteiger partial charge in [0.1, 0.15) is 0 Å². The quantitative estimate of drug-likeness (QED) is 0.850. The summed E-state index contributed by atoms with van der Waals surface area (Å²) in [5, 5.41) is 7.88. The molecule has 0 aliphatic carbocycles. The van der Waals surface area contributed by atoms with Gasteiger partial charge in [-0.3, -0.25) is 0 Å². The molecule has 3 heteroatoms. The van der Waals surface area contributed by atoms with Crippen molar-refractivity contribution < 1.29 is 0 Å². The Morgan fingerprint density at radius 3 is 1.87 bits per heavy atom. The molecule has 0 spiro atoms. The van der Waals surface area contributed by atoms with Crippen LogP contribution < -0.4 is 5.32 Å². The number of nitrogens with one attached hydrogen (secondary N) is 1. The molecule has 1 N–H and O–H groups in total. The molecule has 0 saturated heterocycles. The minimum absolute atomic E-state index is 0.366. The van der Waals surface area contributed by atoms with Gasteiger partial charge in [-0.2, -0.15) is 0 Å². The summed E-state index contributed by atoms with van der Waals surface area (Å²) in [6.45, 7) is 4.38. The van der Waals surface area contributed by atoms with E-state index in [1.165, 1.54) is 9.75 Å². The monoisotopic (exact) mass is 237 g/mol. The van der Waals surface area contributed by atoms with Crippen LogP contribution in [0.15, 0.2) is 35.0 Å². The van der Waals surface area contributed by atoms with Crippen molar-refractivity contribution in [2.45, 2.75) is 25.9 Å². The third kappa shape index (κ3) is 2.68. The van der Waals surface area contributed by atoms with Crippen LogP contribution in [-0.4, -0.2) is 6.04 Å². The normalized spacial score (nSPS) is 11.5. The first-order chi connectivity index (χ1) is 7.27. The molecular formula is C12H15NS2. The molecule has 0 aliphatic heterocycles. The molecule has 2 rings (SSSR count). The van der Waals surface area contributed by atoms with Crippen molar-refractivity contribution in [1.29, 1.82) is 0 Å². The van der Waals surface area contributed by atoms with Crippen molar-refractivity contribution >= 4 is 22.7 Å². The molecule has 0 unspecified atom stereocenters. The van der Waals surface area contributed by atoms with Gasteiger partial charge >= 0.3 is 0 Å². The summed E-state index contributed by atoms with van der Waals surface area (Å²) >= 11 is 3.63. The second-order valence-electron chi connectivity index (χ2n) is 3.79. The maximum atomic E-state index is 3.61.